The third-order valence-electron chi connectivity index (χ3n) is 3.63. The highest BCUT2D eigenvalue weighted by molar-refractivity contribution is 5.75. The van der Waals surface area contributed by atoms with Crippen LogP contribution < -0.4 is 5.32 Å². The number of carbonyl (C=O) groups excluding carboxylic acids is 1. The number of ether oxygens (including phenoxy) is 1. The first-order valence-corrected chi connectivity index (χ1v) is 6.58. The number of carbonyl (C=O) groups is 1. The first kappa shape index (κ1) is 12.4. The molecule has 19 heavy (non-hydrogen) atoms. The summed E-state index contributed by atoms with van der Waals surface area (Å²) in [6.07, 6.45) is 1.75. The van der Waals surface area contributed by atoms with Gasteiger partial charge in [-0.3, -0.25) is 0 Å². The van der Waals surface area contributed by atoms with Crippen LogP contribution in [-0.4, -0.2) is 30.9 Å². The molecule has 1 heterocycles. The number of hydrogen-bond donors (Lipinski definition) is 1. The molecule has 3 rings (SSSR count). The van der Waals surface area contributed by atoms with Gasteiger partial charge in [-0.25, -0.2) is 9.63 Å². The number of nitrogens with one attached hydrogen (secondary N) is 1. The van der Waals surface area contributed by atoms with Crippen LogP contribution in [-0.2, 0) is 9.57 Å². The maximum absolute atomic E-state index is 11.9. The molecule has 1 aromatic rings. The highest BCUT2D eigenvalue weighted by Gasteiger charge is 2.44. The molecule has 5 nitrogen and oxygen atoms in total. The van der Waals surface area contributed by atoms with E-state index in [4.69, 9.17) is 9.57 Å². The molecular weight excluding hydrogens is 244 g/mol. The van der Waals surface area contributed by atoms with Crippen LogP contribution in [0.1, 0.15) is 24.6 Å². The summed E-state index contributed by atoms with van der Waals surface area (Å²) in [6.45, 7) is 0.777. The molecule has 1 unspecified atom stereocenters. The van der Waals surface area contributed by atoms with Crippen molar-refractivity contribution < 1.29 is 14.4 Å². The second kappa shape index (κ2) is 5.19. The van der Waals surface area contributed by atoms with E-state index in [2.05, 4.69) is 5.32 Å². The van der Waals surface area contributed by atoms with E-state index in [1.54, 1.807) is 7.11 Å². The number of methoxy groups -OCH3 is 1. The van der Waals surface area contributed by atoms with Crippen LogP contribution in [0.3, 0.4) is 0 Å². The lowest BCUT2D eigenvalue weighted by Crippen LogP contribution is -2.47. The number of benzene rings is 1. The first-order chi connectivity index (χ1) is 9.28. The Hall–Kier alpha value is -1.59. The molecule has 1 aliphatic carbocycles. The summed E-state index contributed by atoms with van der Waals surface area (Å²) in [7, 11) is 1.71. The Bertz CT molecular complexity index is 445. The third kappa shape index (κ3) is 2.72. The molecule has 0 bridgehead atoms. The van der Waals surface area contributed by atoms with E-state index in [9.17, 15) is 4.79 Å². The van der Waals surface area contributed by atoms with Crippen LogP contribution in [0.2, 0.25) is 0 Å². The van der Waals surface area contributed by atoms with Crippen molar-refractivity contribution in [3.8, 4) is 0 Å². The topological polar surface area (TPSA) is 53.9 Å². The second-order valence-corrected chi connectivity index (χ2v) is 5.13. The normalized spacial score (nSPS) is 28.7. The van der Waals surface area contributed by atoms with Gasteiger partial charge in [-0.05, 0) is 18.8 Å². The van der Waals surface area contributed by atoms with E-state index in [-0.39, 0.29) is 18.3 Å². The maximum Gasteiger partial charge on any atom is 0.344 e. The number of rotatable bonds is 4. The predicted octanol–water partition coefficient (Wildman–Crippen LogP) is 2.07. The van der Waals surface area contributed by atoms with Gasteiger partial charge in [-0.2, -0.15) is 5.06 Å². The first-order valence-electron chi connectivity index (χ1n) is 6.58. The quantitative estimate of drug-likeness (QED) is 0.845. The van der Waals surface area contributed by atoms with Gasteiger partial charge >= 0.3 is 6.03 Å². The summed E-state index contributed by atoms with van der Waals surface area (Å²) in [5.41, 5.74) is 1.00. The summed E-state index contributed by atoms with van der Waals surface area (Å²) in [4.78, 5) is 17.2. The number of hydroxylamine groups is 2. The lowest BCUT2D eigenvalue weighted by Gasteiger charge is -2.35. The monoisotopic (exact) mass is 262 g/mol. The Labute approximate surface area is 112 Å². The molecule has 2 amide bonds. The Kier molecular flexibility index (Phi) is 3.40. The lowest BCUT2D eigenvalue weighted by molar-refractivity contribution is 0.0870. The number of amides is 2. The Morgan fingerprint density at radius 3 is 2.84 bits per heavy atom. The van der Waals surface area contributed by atoms with Crippen molar-refractivity contribution in [2.24, 2.45) is 5.92 Å². The predicted molar refractivity (Wildman–Crippen MR) is 69.0 cm³/mol. The highest BCUT2D eigenvalue weighted by Crippen LogP contribution is 2.37. The number of hydrogen-bond acceptors (Lipinski definition) is 3. The van der Waals surface area contributed by atoms with Gasteiger partial charge in [0.25, 0.3) is 0 Å². The molecule has 0 spiro atoms. The van der Waals surface area contributed by atoms with Gasteiger partial charge < -0.3 is 10.1 Å². The van der Waals surface area contributed by atoms with E-state index < -0.39 is 0 Å². The minimum absolute atomic E-state index is 0.144. The van der Waals surface area contributed by atoms with Crippen molar-refractivity contribution in [1.29, 1.82) is 0 Å². The fourth-order valence-corrected chi connectivity index (χ4v) is 2.51. The van der Waals surface area contributed by atoms with Gasteiger partial charge in [0.1, 0.15) is 0 Å². The summed E-state index contributed by atoms with van der Waals surface area (Å²) in [5.74, 6) is 0.579. The molecule has 2 aliphatic rings. The van der Waals surface area contributed by atoms with Crippen molar-refractivity contribution in [2.75, 3.05) is 13.7 Å². The van der Waals surface area contributed by atoms with Crippen molar-refractivity contribution >= 4 is 6.03 Å². The highest BCUT2D eigenvalue weighted by atomic mass is 16.8. The molecule has 1 saturated heterocycles. The smallest absolute Gasteiger partial charge is 0.344 e. The van der Waals surface area contributed by atoms with Gasteiger partial charge in [-0.1, -0.05) is 30.3 Å². The molecule has 1 aliphatic heterocycles. The zero-order chi connectivity index (χ0) is 13.2. The van der Waals surface area contributed by atoms with Gasteiger partial charge in [0.2, 0.25) is 6.23 Å². The zero-order valence-corrected chi connectivity index (χ0v) is 10.9. The minimum Gasteiger partial charge on any atom is -0.384 e. The molecule has 1 atom stereocenters. The van der Waals surface area contributed by atoms with Gasteiger partial charge in [0.15, 0.2) is 0 Å². The Morgan fingerprint density at radius 2 is 2.16 bits per heavy atom. The van der Waals surface area contributed by atoms with Crippen molar-refractivity contribution in [2.45, 2.75) is 25.1 Å². The van der Waals surface area contributed by atoms with E-state index in [0.717, 1.165) is 25.0 Å². The average Bonchev–Trinajstić information content (AvgIpc) is 3.17. The largest absolute Gasteiger partial charge is 0.384 e. The maximum atomic E-state index is 11.9. The summed E-state index contributed by atoms with van der Waals surface area (Å²) >= 11 is 0. The Balaban J connectivity index is 1.44. The van der Waals surface area contributed by atoms with E-state index in [1.807, 2.05) is 30.3 Å². The lowest BCUT2D eigenvalue weighted by atomic mass is 9.81. The van der Waals surface area contributed by atoms with E-state index in [1.165, 1.54) is 5.06 Å². The fourth-order valence-electron chi connectivity index (χ4n) is 2.51. The van der Waals surface area contributed by atoms with E-state index in [0.29, 0.717) is 5.92 Å². The van der Waals surface area contributed by atoms with Crippen molar-refractivity contribution in [1.82, 2.24) is 10.4 Å². The van der Waals surface area contributed by atoms with Crippen LogP contribution in [0.15, 0.2) is 30.3 Å². The molecule has 5 heteroatoms. The molecule has 0 radical (unpaired) electrons. The molecular formula is C14H18N2O3. The van der Waals surface area contributed by atoms with Gasteiger partial charge in [0, 0.05) is 25.3 Å². The SMILES string of the molecule is COCC1CC(NC(=O)N2OC2c2ccccc2)C1. The summed E-state index contributed by atoms with van der Waals surface area (Å²) < 4.78 is 5.09. The average molecular weight is 262 g/mol. The molecule has 1 aromatic carbocycles. The number of urea groups is 1. The standard InChI is InChI=1S/C14H18N2O3/c1-18-9-10-7-12(8-10)15-14(17)16-13(19-16)11-5-3-2-4-6-11/h2-6,10,12-13H,7-9H2,1H3,(H,15,17). The molecule has 0 aromatic heterocycles. The van der Waals surface area contributed by atoms with Crippen LogP contribution in [0, 0.1) is 5.92 Å². The van der Waals surface area contributed by atoms with Crippen LogP contribution in [0.25, 0.3) is 0 Å². The van der Waals surface area contributed by atoms with Gasteiger partial charge in [0.05, 0.1) is 0 Å². The fraction of sp³-hybridized carbons (Fsp3) is 0.500. The third-order valence-corrected chi connectivity index (χ3v) is 3.63. The van der Waals surface area contributed by atoms with Crippen LogP contribution >= 0.6 is 0 Å². The number of nitrogens with zero attached hydrogens (tertiary/aromatic N) is 1. The minimum atomic E-state index is -0.226. The molecule has 1 saturated carbocycles. The molecule has 2 fully saturated rings. The summed E-state index contributed by atoms with van der Waals surface area (Å²) in [5, 5.41) is 4.36. The van der Waals surface area contributed by atoms with Crippen LogP contribution in [0.4, 0.5) is 4.79 Å². The second-order valence-electron chi connectivity index (χ2n) is 5.13. The van der Waals surface area contributed by atoms with Crippen LogP contribution in [0.5, 0.6) is 0 Å². The van der Waals surface area contributed by atoms with Crippen molar-refractivity contribution in [3.63, 3.8) is 0 Å². The summed E-state index contributed by atoms with van der Waals surface area (Å²) in [6, 6.07) is 9.85. The molecule has 1 N–H and O–H groups in total. The van der Waals surface area contributed by atoms with E-state index >= 15 is 0 Å². The van der Waals surface area contributed by atoms with Crippen molar-refractivity contribution in [3.05, 3.63) is 35.9 Å². The van der Waals surface area contributed by atoms with Gasteiger partial charge in [-0.15, -0.1) is 0 Å². The Morgan fingerprint density at radius 1 is 1.42 bits per heavy atom. The zero-order valence-electron chi connectivity index (χ0n) is 10.9. The molecule has 102 valence electrons.